The van der Waals surface area contributed by atoms with Gasteiger partial charge in [0.25, 0.3) is 0 Å². The zero-order chi connectivity index (χ0) is 12.2. The third-order valence-electron chi connectivity index (χ3n) is 2.19. The van der Waals surface area contributed by atoms with Crippen LogP contribution in [0.2, 0.25) is 10.0 Å². The summed E-state index contributed by atoms with van der Waals surface area (Å²) in [7, 11) is 0. The van der Waals surface area contributed by atoms with Crippen LogP contribution in [-0.2, 0) is 0 Å². The lowest BCUT2D eigenvalue weighted by atomic mass is 10.0. The number of aliphatic hydroxyl groups is 1. The monoisotopic (exact) mass is 263 g/mol. The highest BCUT2D eigenvalue weighted by molar-refractivity contribution is 6.34. The molecule has 1 unspecified atom stereocenters. The smallest absolute Gasteiger partial charge is 0.122 e. The molecule has 1 aromatic carbocycles. The number of benzene rings is 1. The Hall–Kier alpha value is -0.480. The van der Waals surface area contributed by atoms with E-state index in [1.807, 2.05) is 0 Å². The van der Waals surface area contributed by atoms with Crippen molar-refractivity contribution in [3.05, 3.63) is 28.2 Å². The van der Waals surface area contributed by atoms with Gasteiger partial charge in [-0.05, 0) is 25.1 Å². The van der Waals surface area contributed by atoms with Crippen molar-refractivity contribution >= 4 is 23.2 Å². The van der Waals surface area contributed by atoms with Gasteiger partial charge in [0, 0.05) is 23.0 Å². The van der Waals surface area contributed by atoms with E-state index in [0.717, 1.165) is 0 Å². The van der Waals surface area contributed by atoms with Crippen molar-refractivity contribution in [2.75, 3.05) is 13.2 Å². The van der Waals surface area contributed by atoms with E-state index in [-0.39, 0.29) is 6.54 Å². The summed E-state index contributed by atoms with van der Waals surface area (Å²) >= 11 is 11.6. The highest BCUT2D eigenvalue weighted by Gasteiger charge is 2.17. The van der Waals surface area contributed by atoms with Crippen molar-refractivity contribution in [1.29, 1.82) is 0 Å². The molecule has 1 rings (SSSR count). The molecule has 0 saturated carbocycles. The molecule has 90 valence electrons. The minimum Gasteiger partial charge on any atom is -0.493 e. The molecule has 0 aliphatic rings. The van der Waals surface area contributed by atoms with E-state index in [1.165, 1.54) is 0 Å². The first-order chi connectivity index (χ1) is 7.43. The number of hydrogen-bond donors (Lipinski definition) is 2. The zero-order valence-corrected chi connectivity index (χ0v) is 10.6. The van der Waals surface area contributed by atoms with Gasteiger partial charge < -0.3 is 15.6 Å². The van der Waals surface area contributed by atoms with Crippen molar-refractivity contribution in [2.45, 2.75) is 18.9 Å². The summed E-state index contributed by atoms with van der Waals surface area (Å²) in [6, 6.07) is 4.97. The Labute approximate surface area is 105 Å². The molecule has 0 aliphatic carbocycles. The van der Waals surface area contributed by atoms with Crippen LogP contribution in [0.15, 0.2) is 18.2 Å². The Kier molecular flexibility index (Phi) is 4.87. The van der Waals surface area contributed by atoms with E-state index in [4.69, 9.17) is 33.7 Å². The highest BCUT2D eigenvalue weighted by atomic mass is 35.5. The number of halogens is 2. The Bertz CT molecular complexity index is 336. The van der Waals surface area contributed by atoms with Gasteiger partial charge in [-0.1, -0.05) is 23.2 Å². The second kappa shape index (κ2) is 5.73. The van der Waals surface area contributed by atoms with Crippen molar-refractivity contribution < 1.29 is 9.84 Å². The zero-order valence-electron chi connectivity index (χ0n) is 9.04. The van der Waals surface area contributed by atoms with Crippen LogP contribution in [0.4, 0.5) is 0 Å². The molecule has 0 radical (unpaired) electrons. The number of hydrogen-bond acceptors (Lipinski definition) is 3. The minimum atomic E-state index is -0.900. The first kappa shape index (κ1) is 13.6. The number of nitrogens with two attached hydrogens (primary N) is 1. The molecule has 0 aliphatic heterocycles. The molecule has 0 bridgehead atoms. The molecule has 1 atom stereocenters. The molecule has 5 heteroatoms. The molecule has 3 nitrogen and oxygen atoms in total. The quantitative estimate of drug-likeness (QED) is 0.858. The fourth-order valence-corrected chi connectivity index (χ4v) is 1.61. The van der Waals surface area contributed by atoms with Crippen LogP contribution in [0.3, 0.4) is 0 Å². The van der Waals surface area contributed by atoms with Gasteiger partial charge >= 0.3 is 0 Å². The molecule has 0 fully saturated rings. The molecule has 1 aromatic rings. The van der Waals surface area contributed by atoms with Crippen LogP contribution in [0.1, 0.15) is 13.3 Å². The van der Waals surface area contributed by atoms with Gasteiger partial charge in [0.05, 0.1) is 12.2 Å². The van der Waals surface area contributed by atoms with Crippen LogP contribution in [-0.4, -0.2) is 23.9 Å². The molecule has 0 saturated heterocycles. The lowest BCUT2D eigenvalue weighted by molar-refractivity contribution is 0.0453. The Balaban J connectivity index is 2.49. The lowest BCUT2D eigenvalue weighted by Crippen LogP contribution is -2.35. The SMILES string of the molecule is CC(O)(CN)CCOc1cc(Cl)cc(Cl)c1. The van der Waals surface area contributed by atoms with Crippen LogP contribution >= 0.6 is 23.2 Å². The van der Waals surface area contributed by atoms with E-state index in [1.54, 1.807) is 25.1 Å². The maximum absolute atomic E-state index is 9.65. The first-order valence-corrected chi connectivity index (χ1v) is 5.70. The summed E-state index contributed by atoms with van der Waals surface area (Å²) in [5.41, 5.74) is 4.49. The van der Waals surface area contributed by atoms with Gasteiger partial charge in [0.1, 0.15) is 5.75 Å². The summed E-state index contributed by atoms with van der Waals surface area (Å²) in [6.07, 6.45) is 0.452. The van der Waals surface area contributed by atoms with Crippen molar-refractivity contribution in [3.63, 3.8) is 0 Å². The van der Waals surface area contributed by atoms with Gasteiger partial charge in [-0.2, -0.15) is 0 Å². The number of rotatable bonds is 5. The van der Waals surface area contributed by atoms with E-state index >= 15 is 0 Å². The van der Waals surface area contributed by atoms with Gasteiger partial charge in [-0.3, -0.25) is 0 Å². The van der Waals surface area contributed by atoms with Gasteiger partial charge in [0.2, 0.25) is 0 Å². The predicted molar refractivity (Wildman–Crippen MR) is 66.3 cm³/mol. The topological polar surface area (TPSA) is 55.5 Å². The average Bonchev–Trinajstić information content (AvgIpc) is 2.16. The molecule has 3 N–H and O–H groups in total. The number of ether oxygens (including phenoxy) is 1. The average molecular weight is 264 g/mol. The van der Waals surface area contributed by atoms with E-state index in [2.05, 4.69) is 0 Å². The largest absolute Gasteiger partial charge is 0.493 e. The van der Waals surface area contributed by atoms with Crippen molar-refractivity contribution in [3.8, 4) is 5.75 Å². The fourth-order valence-electron chi connectivity index (χ4n) is 1.10. The van der Waals surface area contributed by atoms with E-state index < -0.39 is 5.60 Å². The van der Waals surface area contributed by atoms with Crippen molar-refractivity contribution in [2.24, 2.45) is 5.73 Å². The van der Waals surface area contributed by atoms with Crippen LogP contribution in [0, 0.1) is 0 Å². The molecule has 0 aromatic heterocycles. The van der Waals surface area contributed by atoms with Gasteiger partial charge in [-0.15, -0.1) is 0 Å². The van der Waals surface area contributed by atoms with Crippen molar-refractivity contribution in [1.82, 2.24) is 0 Å². The molecular formula is C11H15Cl2NO2. The molecular weight excluding hydrogens is 249 g/mol. The maximum atomic E-state index is 9.65. The second-order valence-electron chi connectivity index (χ2n) is 3.90. The Morgan fingerprint density at radius 1 is 1.31 bits per heavy atom. The Morgan fingerprint density at radius 3 is 2.38 bits per heavy atom. The van der Waals surface area contributed by atoms with Gasteiger partial charge in [-0.25, -0.2) is 0 Å². The third-order valence-corrected chi connectivity index (χ3v) is 2.62. The van der Waals surface area contributed by atoms with E-state index in [9.17, 15) is 5.11 Å². The van der Waals surface area contributed by atoms with Crippen LogP contribution < -0.4 is 10.5 Å². The second-order valence-corrected chi connectivity index (χ2v) is 4.78. The summed E-state index contributed by atoms with van der Waals surface area (Å²) in [5.74, 6) is 0.588. The third kappa shape index (κ3) is 4.58. The van der Waals surface area contributed by atoms with Gasteiger partial charge in [0.15, 0.2) is 0 Å². The molecule has 0 amide bonds. The fraction of sp³-hybridized carbons (Fsp3) is 0.455. The molecule has 0 spiro atoms. The first-order valence-electron chi connectivity index (χ1n) is 4.94. The lowest BCUT2D eigenvalue weighted by Gasteiger charge is -2.20. The summed E-state index contributed by atoms with van der Waals surface area (Å²) in [6.45, 7) is 2.23. The maximum Gasteiger partial charge on any atom is 0.122 e. The summed E-state index contributed by atoms with van der Waals surface area (Å²) in [5, 5.41) is 10.7. The minimum absolute atomic E-state index is 0.201. The standard InChI is InChI=1S/C11H15Cl2NO2/c1-11(15,7-14)2-3-16-10-5-8(12)4-9(13)6-10/h4-6,15H,2-3,7,14H2,1H3. The summed E-state index contributed by atoms with van der Waals surface area (Å²) < 4.78 is 5.42. The Morgan fingerprint density at radius 2 is 1.88 bits per heavy atom. The van der Waals surface area contributed by atoms with Crippen LogP contribution in [0.5, 0.6) is 5.75 Å². The van der Waals surface area contributed by atoms with Crippen LogP contribution in [0.25, 0.3) is 0 Å². The summed E-state index contributed by atoms with van der Waals surface area (Å²) in [4.78, 5) is 0. The normalized spacial score (nSPS) is 14.6. The highest BCUT2D eigenvalue weighted by Crippen LogP contribution is 2.24. The van der Waals surface area contributed by atoms with E-state index in [0.29, 0.717) is 28.8 Å². The predicted octanol–water partition coefficient (Wildman–Crippen LogP) is 2.47. The molecule has 16 heavy (non-hydrogen) atoms. The molecule has 0 heterocycles.